The first-order chi connectivity index (χ1) is 22.6. The van der Waals surface area contributed by atoms with Gasteiger partial charge < -0.3 is 14.4 Å². The molecule has 48 heavy (non-hydrogen) atoms. The summed E-state index contributed by atoms with van der Waals surface area (Å²) in [6.45, 7) is 1.46. The zero-order chi connectivity index (χ0) is 35.0. The first kappa shape index (κ1) is 34.5. The summed E-state index contributed by atoms with van der Waals surface area (Å²) < 4.78 is 124. The van der Waals surface area contributed by atoms with Crippen LogP contribution in [0.2, 0.25) is 0 Å². The molecule has 0 saturated carbocycles. The molecule has 8 nitrogen and oxygen atoms in total. The van der Waals surface area contributed by atoms with Crippen LogP contribution < -0.4 is 9.47 Å². The number of hydrogen-bond acceptors (Lipinski definition) is 7. The van der Waals surface area contributed by atoms with Crippen LogP contribution in [0.1, 0.15) is 34.9 Å². The lowest BCUT2D eigenvalue weighted by Crippen LogP contribution is -2.61. The van der Waals surface area contributed by atoms with Crippen molar-refractivity contribution < 1.29 is 44.2 Å². The molecule has 0 saturated heterocycles. The zero-order valence-corrected chi connectivity index (χ0v) is 26.9. The predicted molar refractivity (Wildman–Crippen MR) is 165 cm³/mol. The van der Waals surface area contributed by atoms with Crippen molar-refractivity contribution in [3.63, 3.8) is 0 Å². The number of aromatic nitrogens is 1. The number of benzene rings is 3. The summed E-state index contributed by atoms with van der Waals surface area (Å²) in [5.74, 6) is -3.44. The van der Waals surface area contributed by atoms with Crippen LogP contribution in [-0.4, -0.2) is 55.9 Å². The molecule has 5 rings (SSSR count). The number of aliphatic imine (C=N–C) groups is 1. The van der Waals surface area contributed by atoms with Crippen molar-refractivity contribution in [2.75, 3.05) is 21.3 Å². The number of alkyl halides is 3. The van der Waals surface area contributed by atoms with Gasteiger partial charge in [0.15, 0.2) is 4.75 Å². The van der Waals surface area contributed by atoms with E-state index in [-0.39, 0.29) is 19.0 Å². The van der Waals surface area contributed by atoms with Gasteiger partial charge in [-0.25, -0.2) is 30.9 Å². The van der Waals surface area contributed by atoms with E-state index in [2.05, 4.69) is 9.98 Å². The molecule has 0 unspecified atom stereocenters. The van der Waals surface area contributed by atoms with Gasteiger partial charge in [0.25, 0.3) is 10.0 Å². The fourth-order valence-corrected chi connectivity index (χ4v) is 7.89. The number of halogens is 6. The molecule has 0 bridgehead atoms. The maximum atomic E-state index is 15.6. The van der Waals surface area contributed by atoms with E-state index in [0.717, 1.165) is 28.5 Å². The third-order valence-electron chi connectivity index (χ3n) is 8.14. The molecule has 1 aromatic heterocycles. The quantitative estimate of drug-likeness (QED) is 0.196. The monoisotopic (exact) mass is 692 g/mol. The van der Waals surface area contributed by atoms with Crippen LogP contribution in [0.15, 0.2) is 84.0 Å². The Morgan fingerprint density at radius 1 is 0.854 bits per heavy atom. The van der Waals surface area contributed by atoms with Crippen molar-refractivity contribution in [1.29, 1.82) is 0 Å². The molecule has 1 aliphatic heterocycles. The average Bonchev–Trinajstić information content (AvgIpc) is 3.04. The summed E-state index contributed by atoms with van der Waals surface area (Å²) in [6.07, 6.45) is -4.47. The Bertz CT molecular complexity index is 1850. The maximum absolute atomic E-state index is 15.6. The van der Waals surface area contributed by atoms with E-state index in [1.54, 1.807) is 53.4 Å². The largest absolute Gasteiger partial charge is 0.497 e. The summed E-state index contributed by atoms with van der Waals surface area (Å²) in [5.41, 5.74) is -1.54. The van der Waals surface area contributed by atoms with Gasteiger partial charge in [0.05, 0.1) is 37.1 Å². The van der Waals surface area contributed by atoms with E-state index in [4.69, 9.17) is 9.47 Å². The number of rotatable bonds is 8. The van der Waals surface area contributed by atoms with Gasteiger partial charge >= 0.3 is 6.18 Å². The number of sulfonamides is 1. The van der Waals surface area contributed by atoms with Gasteiger partial charge in [0.2, 0.25) is 5.96 Å². The Morgan fingerprint density at radius 2 is 1.35 bits per heavy atom. The number of pyridine rings is 1. The number of methoxy groups -OCH3 is 2. The highest BCUT2D eigenvalue weighted by Crippen LogP contribution is 2.48. The SMILES string of the molecule is COc1ccc(CN(Cc2ccc(OC)cc2)C2=N[C@H](C)[C@@](c3ccc(C(F)(F)F)cn3)(c3c(F)cc(F)cc3F)S(=O)(=O)N2C)cc1. The summed E-state index contributed by atoms with van der Waals surface area (Å²) in [4.78, 5) is 10.1. The van der Waals surface area contributed by atoms with E-state index in [9.17, 15) is 26.0 Å². The molecule has 0 amide bonds. The van der Waals surface area contributed by atoms with Crippen molar-refractivity contribution in [3.05, 3.63) is 124 Å². The Labute approximate surface area is 273 Å². The zero-order valence-electron chi connectivity index (χ0n) is 26.1. The first-order valence-corrected chi connectivity index (χ1v) is 15.8. The normalized spacial score (nSPS) is 19.1. The molecule has 0 N–H and O–H groups in total. The van der Waals surface area contributed by atoms with E-state index in [1.807, 2.05) is 0 Å². The Morgan fingerprint density at radius 3 is 1.77 bits per heavy atom. The van der Waals surface area contributed by atoms with Crippen molar-refractivity contribution in [2.24, 2.45) is 4.99 Å². The average molecular weight is 693 g/mol. The van der Waals surface area contributed by atoms with Crippen LogP contribution in [0.3, 0.4) is 0 Å². The van der Waals surface area contributed by atoms with E-state index >= 15 is 8.78 Å². The molecule has 0 fully saturated rings. The van der Waals surface area contributed by atoms with Gasteiger partial charge in [-0.15, -0.1) is 0 Å². The fourth-order valence-electron chi connectivity index (χ4n) is 5.76. The molecule has 15 heteroatoms. The standard InChI is InChI=1S/C33H30F6N4O4S/c1-20-32(30-27(35)15-24(34)16-28(30)36,29-14-9-23(17-40-29)33(37,38)39)48(44,45)42(2)31(41-20)43(18-21-5-10-25(46-3)11-6-21)19-22-7-12-26(47-4)13-8-22/h5-17,20H,18-19H2,1-4H3/t20-,32-/m1/s1. The fraction of sp³-hybridized carbons (Fsp3) is 0.273. The first-order valence-electron chi connectivity index (χ1n) is 14.4. The van der Waals surface area contributed by atoms with Gasteiger partial charge in [-0.3, -0.25) is 4.98 Å². The van der Waals surface area contributed by atoms with Gasteiger partial charge in [-0.05, 0) is 54.4 Å². The smallest absolute Gasteiger partial charge is 0.417 e. The molecule has 0 radical (unpaired) electrons. The van der Waals surface area contributed by atoms with Crippen LogP contribution in [0.5, 0.6) is 11.5 Å². The molecular weight excluding hydrogens is 662 g/mol. The second-order valence-electron chi connectivity index (χ2n) is 11.0. The van der Waals surface area contributed by atoms with Gasteiger partial charge in [-0.2, -0.15) is 13.2 Å². The van der Waals surface area contributed by atoms with Gasteiger partial charge in [-0.1, -0.05) is 24.3 Å². The van der Waals surface area contributed by atoms with E-state index in [0.29, 0.717) is 35.9 Å². The van der Waals surface area contributed by atoms with Gasteiger partial charge in [0.1, 0.15) is 29.0 Å². The number of nitrogens with zero attached hydrogens (tertiary/aromatic N) is 4. The van der Waals surface area contributed by atoms with Crippen molar-refractivity contribution in [1.82, 2.24) is 14.2 Å². The molecular formula is C33H30F6N4O4S. The number of guanidine groups is 1. The second-order valence-corrected chi connectivity index (χ2v) is 13.2. The molecule has 254 valence electrons. The highest BCUT2D eigenvalue weighted by molar-refractivity contribution is 7.91. The second kappa shape index (κ2) is 13.0. The molecule has 2 atom stereocenters. The lowest BCUT2D eigenvalue weighted by Gasteiger charge is -2.46. The molecule has 0 spiro atoms. The van der Waals surface area contributed by atoms with Crippen molar-refractivity contribution in [2.45, 2.75) is 37.0 Å². The maximum Gasteiger partial charge on any atom is 0.417 e. The van der Waals surface area contributed by atoms with Crippen molar-refractivity contribution >= 4 is 16.0 Å². The van der Waals surface area contributed by atoms with Crippen LogP contribution >= 0.6 is 0 Å². The Balaban J connectivity index is 1.72. The van der Waals surface area contributed by atoms with E-state index in [1.165, 1.54) is 21.1 Å². The van der Waals surface area contributed by atoms with Gasteiger partial charge in [0, 0.05) is 38.5 Å². The molecule has 0 aliphatic carbocycles. The molecule has 1 aliphatic rings. The Hall–Kier alpha value is -4.79. The lowest BCUT2D eigenvalue weighted by molar-refractivity contribution is -0.137. The minimum Gasteiger partial charge on any atom is -0.497 e. The van der Waals surface area contributed by atoms with Crippen LogP contribution in [0.25, 0.3) is 0 Å². The van der Waals surface area contributed by atoms with Crippen LogP contribution in [-0.2, 0) is 34.0 Å². The number of hydrogen-bond donors (Lipinski definition) is 0. The van der Waals surface area contributed by atoms with E-state index < -0.39 is 61.3 Å². The molecule has 4 aromatic rings. The molecule has 3 aromatic carbocycles. The highest BCUT2D eigenvalue weighted by atomic mass is 32.2. The molecule has 2 heterocycles. The summed E-state index contributed by atoms with van der Waals surface area (Å²) in [7, 11) is -0.918. The predicted octanol–water partition coefficient (Wildman–Crippen LogP) is 6.50. The minimum absolute atomic E-state index is 0.103. The van der Waals surface area contributed by atoms with Crippen molar-refractivity contribution in [3.8, 4) is 11.5 Å². The van der Waals surface area contributed by atoms with Crippen LogP contribution in [0.4, 0.5) is 26.3 Å². The summed E-state index contributed by atoms with van der Waals surface area (Å²) >= 11 is 0. The number of ether oxygens (including phenoxy) is 2. The summed E-state index contributed by atoms with van der Waals surface area (Å²) in [6, 6.07) is 14.2. The summed E-state index contributed by atoms with van der Waals surface area (Å²) in [5, 5.41) is 0. The topological polar surface area (TPSA) is 84.3 Å². The highest BCUT2D eigenvalue weighted by Gasteiger charge is 2.61. The third-order valence-corrected chi connectivity index (χ3v) is 10.6. The van der Waals surface area contributed by atoms with Crippen LogP contribution in [0, 0.1) is 17.5 Å². The Kier molecular flexibility index (Phi) is 9.37. The third kappa shape index (κ3) is 6.14. The lowest BCUT2D eigenvalue weighted by atomic mass is 9.86. The minimum atomic E-state index is -5.05.